The highest BCUT2D eigenvalue weighted by molar-refractivity contribution is 7.10. The van der Waals surface area contributed by atoms with Crippen LogP contribution in [0.3, 0.4) is 0 Å². The van der Waals surface area contributed by atoms with Crippen LogP contribution < -0.4 is 0 Å². The minimum absolute atomic E-state index is 0.304. The Morgan fingerprint density at radius 1 is 1.35 bits per heavy atom. The molecule has 2 heterocycles. The lowest BCUT2D eigenvalue weighted by atomic mass is 10.2. The third-order valence-corrected chi connectivity index (χ3v) is 4.41. The maximum atomic E-state index is 11.8. The van der Waals surface area contributed by atoms with Gasteiger partial charge in [0, 0.05) is 44.0 Å². The first-order valence-corrected chi connectivity index (χ1v) is 7.11. The van der Waals surface area contributed by atoms with Crippen LogP contribution in [0, 0.1) is 6.92 Å². The molecule has 4 heteroatoms. The molecular weight excluding hydrogens is 232 g/mol. The third kappa shape index (κ3) is 3.07. The van der Waals surface area contributed by atoms with Gasteiger partial charge < -0.3 is 4.90 Å². The zero-order chi connectivity index (χ0) is 12.3. The summed E-state index contributed by atoms with van der Waals surface area (Å²) in [5.74, 6) is 0.304. The van der Waals surface area contributed by atoms with Crippen LogP contribution in [0.25, 0.3) is 0 Å². The van der Waals surface area contributed by atoms with E-state index < -0.39 is 0 Å². The van der Waals surface area contributed by atoms with E-state index in [1.807, 2.05) is 16.2 Å². The second kappa shape index (κ2) is 5.65. The van der Waals surface area contributed by atoms with E-state index in [4.69, 9.17) is 0 Å². The summed E-state index contributed by atoms with van der Waals surface area (Å²) in [6.07, 6.45) is 0.665. The van der Waals surface area contributed by atoms with Crippen LogP contribution in [-0.4, -0.2) is 41.9 Å². The highest BCUT2D eigenvalue weighted by Gasteiger charge is 2.19. The second-order valence-electron chi connectivity index (χ2n) is 4.53. The fourth-order valence-electron chi connectivity index (χ4n) is 2.17. The van der Waals surface area contributed by atoms with Gasteiger partial charge in [-0.2, -0.15) is 0 Å². The number of hydrogen-bond acceptors (Lipinski definition) is 3. The summed E-state index contributed by atoms with van der Waals surface area (Å²) < 4.78 is 0. The first-order valence-electron chi connectivity index (χ1n) is 6.23. The Kier molecular flexibility index (Phi) is 4.18. The first kappa shape index (κ1) is 12.6. The van der Waals surface area contributed by atoms with Crippen LogP contribution in [0.15, 0.2) is 11.4 Å². The number of likely N-dealkylation sites (N-methyl/N-ethyl adjacent to an activating group) is 1. The summed E-state index contributed by atoms with van der Waals surface area (Å²) in [6, 6.07) is 2.17. The van der Waals surface area contributed by atoms with Crippen LogP contribution in [0.1, 0.15) is 23.8 Å². The number of rotatable bonds is 3. The number of thiophene rings is 1. The Labute approximate surface area is 107 Å². The van der Waals surface area contributed by atoms with E-state index in [0.29, 0.717) is 12.3 Å². The van der Waals surface area contributed by atoms with Crippen LogP contribution in [-0.2, 0) is 11.3 Å². The minimum Gasteiger partial charge on any atom is -0.342 e. The van der Waals surface area contributed by atoms with Gasteiger partial charge in [-0.1, -0.05) is 0 Å². The molecule has 0 unspecified atom stereocenters. The first-order chi connectivity index (χ1) is 8.20. The van der Waals surface area contributed by atoms with Gasteiger partial charge in [-0.3, -0.25) is 9.69 Å². The Morgan fingerprint density at radius 2 is 2.18 bits per heavy atom. The topological polar surface area (TPSA) is 23.6 Å². The average molecular weight is 252 g/mol. The zero-order valence-corrected chi connectivity index (χ0v) is 11.4. The van der Waals surface area contributed by atoms with E-state index in [1.165, 1.54) is 10.4 Å². The Bertz CT molecular complexity index is 389. The molecule has 0 aliphatic carbocycles. The maximum absolute atomic E-state index is 11.8. The molecule has 0 N–H and O–H groups in total. The highest BCUT2D eigenvalue weighted by atomic mass is 32.1. The molecule has 0 aromatic carbocycles. The summed E-state index contributed by atoms with van der Waals surface area (Å²) >= 11 is 1.82. The number of hydrogen-bond donors (Lipinski definition) is 0. The number of amides is 1. The van der Waals surface area contributed by atoms with E-state index in [1.54, 1.807) is 0 Å². The predicted octanol–water partition coefficient (Wildman–Crippen LogP) is 2.11. The number of nitrogens with zero attached hydrogens (tertiary/aromatic N) is 2. The van der Waals surface area contributed by atoms with Crippen LogP contribution in [0.2, 0.25) is 0 Å². The molecule has 1 aromatic heterocycles. The quantitative estimate of drug-likeness (QED) is 0.822. The molecule has 17 heavy (non-hydrogen) atoms. The fourth-order valence-corrected chi connectivity index (χ4v) is 3.12. The molecule has 0 bridgehead atoms. The molecule has 1 saturated heterocycles. The van der Waals surface area contributed by atoms with Gasteiger partial charge in [-0.15, -0.1) is 11.3 Å². The van der Waals surface area contributed by atoms with E-state index in [2.05, 4.69) is 30.2 Å². The molecule has 0 radical (unpaired) electrons. The van der Waals surface area contributed by atoms with Crippen molar-refractivity contribution in [2.75, 3.05) is 26.2 Å². The Hall–Kier alpha value is -0.870. The third-order valence-electron chi connectivity index (χ3n) is 3.40. The monoisotopic (exact) mass is 252 g/mol. The van der Waals surface area contributed by atoms with Crippen LogP contribution >= 0.6 is 11.3 Å². The van der Waals surface area contributed by atoms with Crippen molar-refractivity contribution in [1.82, 2.24) is 9.80 Å². The summed E-state index contributed by atoms with van der Waals surface area (Å²) in [7, 11) is 0. The molecule has 1 aliphatic heterocycles. The lowest BCUT2D eigenvalue weighted by Crippen LogP contribution is -2.32. The summed E-state index contributed by atoms with van der Waals surface area (Å²) in [5, 5.41) is 2.14. The van der Waals surface area contributed by atoms with Gasteiger partial charge in [0.1, 0.15) is 0 Å². The summed E-state index contributed by atoms with van der Waals surface area (Å²) in [5.41, 5.74) is 1.37. The predicted molar refractivity (Wildman–Crippen MR) is 71.2 cm³/mol. The van der Waals surface area contributed by atoms with Crippen molar-refractivity contribution in [2.45, 2.75) is 26.8 Å². The van der Waals surface area contributed by atoms with Gasteiger partial charge in [-0.25, -0.2) is 0 Å². The molecule has 0 atom stereocenters. The van der Waals surface area contributed by atoms with Gasteiger partial charge in [0.05, 0.1) is 0 Å². The molecule has 3 nitrogen and oxygen atoms in total. The van der Waals surface area contributed by atoms with Gasteiger partial charge in [0.15, 0.2) is 0 Å². The maximum Gasteiger partial charge on any atom is 0.223 e. The van der Waals surface area contributed by atoms with E-state index in [-0.39, 0.29) is 0 Å². The average Bonchev–Trinajstić information content (AvgIpc) is 2.62. The van der Waals surface area contributed by atoms with E-state index >= 15 is 0 Å². The fraction of sp³-hybridized carbons (Fsp3) is 0.615. The van der Waals surface area contributed by atoms with Crippen molar-refractivity contribution >= 4 is 17.2 Å². The van der Waals surface area contributed by atoms with E-state index in [9.17, 15) is 4.79 Å². The Morgan fingerprint density at radius 3 is 2.82 bits per heavy atom. The molecule has 94 valence electrons. The largest absolute Gasteiger partial charge is 0.342 e. The number of aryl methyl sites for hydroxylation is 1. The van der Waals surface area contributed by atoms with Gasteiger partial charge in [0.25, 0.3) is 0 Å². The normalized spacial score (nSPS) is 18.5. The second-order valence-corrected chi connectivity index (χ2v) is 5.53. The lowest BCUT2D eigenvalue weighted by molar-refractivity contribution is -0.130. The smallest absolute Gasteiger partial charge is 0.223 e. The molecule has 1 fully saturated rings. The zero-order valence-electron chi connectivity index (χ0n) is 10.6. The molecule has 1 aromatic rings. The summed E-state index contributed by atoms with van der Waals surface area (Å²) in [6.45, 7) is 8.81. The van der Waals surface area contributed by atoms with Crippen molar-refractivity contribution in [3.05, 3.63) is 21.9 Å². The van der Waals surface area contributed by atoms with Crippen molar-refractivity contribution in [3.63, 3.8) is 0 Å². The molecule has 2 rings (SSSR count). The molecule has 0 spiro atoms. The van der Waals surface area contributed by atoms with Crippen molar-refractivity contribution in [1.29, 1.82) is 0 Å². The molecule has 0 saturated carbocycles. The minimum atomic E-state index is 0.304. The van der Waals surface area contributed by atoms with Gasteiger partial charge >= 0.3 is 0 Å². The van der Waals surface area contributed by atoms with Crippen LogP contribution in [0.5, 0.6) is 0 Å². The van der Waals surface area contributed by atoms with Crippen molar-refractivity contribution < 1.29 is 4.79 Å². The molecule has 1 amide bonds. The lowest BCUT2D eigenvalue weighted by Gasteiger charge is -2.20. The SMILES string of the molecule is CCN1CCN(Cc2sccc2C)CCC1=O. The van der Waals surface area contributed by atoms with E-state index in [0.717, 1.165) is 32.7 Å². The van der Waals surface area contributed by atoms with Gasteiger partial charge in [-0.05, 0) is 30.9 Å². The molecule has 1 aliphatic rings. The highest BCUT2D eigenvalue weighted by Crippen LogP contribution is 2.18. The molecular formula is C13H20N2OS. The van der Waals surface area contributed by atoms with Crippen molar-refractivity contribution in [2.24, 2.45) is 0 Å². The Balaban J connectivity index is 1.95. The number of carbonyl (C=O) groups is 1. The van der Waals surface area contributed by atoms with Gasteiger partial charge in [0.2, 0.25) is 5.91 Å². The number of carbonyl (C=O) groups excluding carboxylic acids is 1. The summed E-state index contributed by atoms with van der Waals surface area (Å²) in [4.78, 5) is 17.5. The van der Waals surface area contributed by atoms with Crippen LogP contribution in [0.4, 0.5) is 0 Å². The van der Waals surface area contributed by atoms with Crippen molar-refractivity contribution in [3.8, 4) is 0 Å². The standard InChI is InChI=1S/C13H20N2OS/c1-3-15-8-7-14(6-4-13(15)16)10-12-11(2)5-9-17-12/h5,9H,3-4,6-8,10H2,1-2H3.